The molecule has 2 N–H and O–H groups in total. The first-order chi connectivity index (χ1) is 15.7. The molecule has 3 aromatic rings. The molecular weight excluding hydrogens is 437 g/mol. The molecular formula is C23H23F3N4O3. The topological polar surface area (TPSA) is 96.6 Å². The Kier molecular flexibility index (Phi) is 6.35. The number of carbonyl (C=O) groups excluding carboxylic acids is 1. The van der Waals surface area contributed by atoms with Gasteiger partial charge in [0.2, 0.25) is 0 Å². The van der Waals surface area contributed by atoms with E-state index >= 15 is 0 Å². The molecule has 2 saturated carbocycles. The minimum Gasteiger partial charge on any atom is -0.475 e. The number of carboxylic acid groups (broad SMARTS) is 1. The molecule has 3 heterocycles. The Bertz CT molecular complexity index is 1130. The Morgan fingerprint density at radius 1 is 1.12 bits per heavy atom. The lowest BCUT2D eigenvalue weighted by atomic mass is 10.1. The van der Waals surface area contributed by atoms with E-state index in [1.54, 1.807) is 6.20 Å². The molecule has 0 spiro atoms. The first kappa shape index (κ1) is 22.8. The van der Waals surface area contributed by atoms with Gasteiger partial charge in [0.25, 0.3) is 5.91 Å². The van der Waals surface area contributed by atoms with Crippen LogP contribution in [0.25, 0.3) is 5.52 Å². The van der Waals surface area contributed by atoms with E-state index in [0.29, 0.717) is 30.0 Å². The van der Waals surface area contributed by atoms with E-state index in [2.05, 4.69) is 10.3 Å². The summed E-state index contributed by atoms with van der Waals surface area (Å²) in [7, 11) is 0. The van der Waals surface area contributed by atoms with Crippen molar-refractivity contribution < 1.29 is 27.9 Å². The van der Waals surface area contributed by atoms with Crippen molar-refractivity contribution >= 4 is 17.4 Å². The molecule has 10 heteroatoms. The van der Waals surface area contributed by atoms with Gasteiger partial charge in [-0.15, -0.1) is 0 Å². The first-order valence-corrected chi connectivity index (χ1v) is 10.7. The fourth-order valence-electron chi connectivity index (χ4n) is 3.83. The Hall–Kier alpha value is -3.43. The summed E-state index contributed by atoms with van der Waals surface area (Å²) in [6, 6.07) is 10.2. The Morgan fingerprint density at radius 2 is 1.79 bits per heavy atom. The Labute approximate surface area is 187 Å². The molecule has 0 saturated heterocycles. The van der Waals surface area contributed by atoms with Crippen LogP contribution in [-0.4, -0.2) is 43.6 Å². The SMILES string of the molecule is O=C(NC(C1CC1)C1CC1)c1nc(Cc2cccnc2)n2ccccc12.O=C(O)C(F)(F)F. The molecule has 0 radical (unpaired) electrons. The summed E-state index contributed by atoms with van der Waals surface area (Å²) in [5, 5.41) is 10.4. The normalized spacial score (nSPS) is 15.8. The van der Waals surface area contributed by atoms with Gasteiger partial charge in [0.05, 0.1) is 5.52 Å². The van der Waals surface area contributed by atoms with E-state index in [1.165, 1.54) is 25.7 Å². The lowest BCUT2D eigenvalue weighted by molar-refractivity contribution is -0.192. The highest BCUT2D eigenvalue weighted by molar-refractivity contribution is 5.99. The molecule has 0 aromatic carbocycles. The fourth-order valence-corrected chi connectivity index (χ4v) is 3.83. The van der Waals surface area contributed by atoms with Gasteiger partial charge in [-0.1, -0.05) is 12.1 Å². The predicted molar refractivity (Wildman–Crippen MR) is 113 cm³/mol. The van der Waals surface area contributed by atoms with E-state index in [0.717, 1.165) is 16.9 Å². The number of halogens is 3. The Balaban J connectivity index is 0.000000325. The van der Waals surface area contributed by atoms with Gasteiger partial charge in [-0.2, -0.15) is 13.2 Å². The predicted octanol–water partition coefficient (Wildman–Crippen LogP) is 3.87. The lowest BCUT2D eigenvalue weighted by Gasteiger charge is -2.16. The third-order valence-corrected chi connectivity index (χ3v) is 5.72. The molecule has 0 unspecified atom stereocenters. The second kappa shape index (κ2) is 9.21. The van der Waals surface area contributed by atoms with Crippen molar-refractivity contribution in [2.24, 2.45) is 11.8 Å². The molecule has 2 fully saturated rings. The van der Waals surface area contributed by atoms with Crippen molar-refractivity contribution in [3.8, 4) is 0 Å². The second-order valence-electron chi connectivity index (χ2n) is 8.35. The zero-order chi connectivity index (χ0) is 23.6. The van der Waals surface area contributed by atoms with Gasteiger partial charge in [-0.05, 0) is 61.3 Å². The number of aromatic nitrogens is 3. The van der Waals surface area contributed by atoms with Crippen LogP contribution in [0.2, 0.25) is 0 Å². The van der Waals surface area contributed by atoms with Gasteiger partial charge >= 0.3 is 12.1 Å². The molecule has 0 aliphatic heterocycles. The van der Waals surface area contributed by atoms with Gasteiger partial charge in [0.15, 0.2) is 5.69 Å². The molecule has 33 heavy (non-hydrogen) atoms. The molecule has 2 aliphatic rings. The summed E-state index contributed by atoms with van der Waals surface area (Å²) in [4.78, 5) is 30.8. The van der Waals surface area contributed by atoms with Crippen LogP contribution in [0.15, 0.2) is 48.9 Å². The van der Waals surface area contributed by atoms with Gasteiger partial charge in [0.1, 0.15) is 5.82 Å². The summed E-state index contributed by atoms with van der Waals surface area (Å²) in [5.41, 5.74) is 2.49. The summed E-state index contributed by atoms with van der Waals surface area (Å²) < 4.78 is 33.8. The maximum atomic E-state index is 13.0. The maximum Gasteiger partial charge on any atom is 0.490 e. The average molecular weight is 460 g/mol. The number of hydrogen-bond donors (Lipinski definition) is 2. The van der Waals surface area contributed by atoms with E-state index in [1.807, 2.05) is 47.1 Å². The average Bonchev–Trinajstić information content (AvgIpc) is 3.71. The fraction of sp³-hybridized carbons (Fsp3) is 0.391. The zero-order valence-electron chi connectivity index (χ0n) is 17.6. The molecule has 0 atom stereocenters. The Morgan fingerprint density at radius 3 is 2.33 bits per heavy atom. The number of imidazole rings is 1. The van der Waals surface area contributed by atoms with Crippen LogP contribution in [0.5, 0.6) is 0 Å². The van der Waals surface area contributed by atoms with Crippen LogP contribution < -0.4 is 5.32 Å². The van der Waals surface area contributed by atoms with Crippen LogP contribution in [0.4, 0.5) is 13.2 Å². The minimum absolute atomic E-state index is 0.0325. The van der Waals surface area contributed by atoms with E-state index in [-0.39, 0.29) is 5.91 Å². The number of alkyl halides is 3. The number of hydrogen-bond acceptors (Lipinski definition) is 4. The van der Waals surface area contributed by atoms with Crippen molar-refractivity contribution in [1.29, 1.82) is 0 Å². The highest BCUT2D eigenvalue weighted by atomic mass is 19.4. The molecule has 0 bridgehead atoms. The summed E-state index contributed by atoms with van der Waals surface area (Å²) in [6.45, 7) is 0. The standard InChI is InChI=1S/C21H22N4O.C2HF3O2/c26-21(24-19(15-6-7-15)16-8-9-16)20-17-5-1-2-11-25(17)18(23-20)12-14-4-3-10-22-13-14;3-2(4,5)1(6)7/h1-5,10-11,13,15-16,19H,6-9,12H2,(H,24,26);(H,6,7). The largest absolute Gasteiger partial charge is 0.490 e. The van der Waals surface area contributed by atoms with Crippen molar-refractivity contribution in [3.63, 3.8) is 0 Å². The van der Waals surface area contributed by atoms with E-state index in [9.17, 15) is 18.0 Å². The molecule has 3 aromatic heterocycles. The van der Waals surface area contributed by atoms with Gasteiger partial charge in [0, 0.05) is 31.1 Å². The number of fused-ring (bicyclic) bond motifs is 1. The van der Waals surface area contributed by atoms with Crippen LogP contribution in [-0.2, 0) is 11.2 Å². The van der Waals surface area contributed by atoms with Crippen LogP contribution in [0.3, 0.4) is 0 Å². The molecule has 7 nitrogen and oxygen atoms in total. The second-order valence-corrected chi connectivity index (χ2v) is 8.35. The van der Waals surface area contributed by atoms with Crippen molar-refractivity contribution in [2.45, 2.75) is 44.3 Å². The highest BCUT2D eigenvalue weighted by Crippen LogP contribution is 2.44. The zero-order valence-corrected chi connectivity index (χ0v) is 17.6. The van der Waals surface area contributed by atoms with E-state index in [4.69, 9.17) is 14.9 Å². The molecule has 1 amide bonds. The smallest absolute Gasteiger partial charge is 0.475 e. The monoisotopic (exact) mass is 460 g/mol. The third kappa shape index (κ3) is 5.68. The number of carboxylic acids is 1. The number of carbonyl (C=O) groups is 2. The highest BCUT2D eigenvalue weighted by Gasteiger charge is 2.42. The molecule has 2 aliphatic carbocycles. The molecule has 174 valence electrons. The third-order valence-electron chi connectivity index (χ3n) is 5.72. The van der Waals surface area contributed by atoms with Gasteiger partial charge in [-0.3, -0.25) is 9.78 Å². The quantitative estimate of drug-likeness (QED) is 0.582. The number of amides is 1. The van der Waals surface area contributed by atoms with Crippen molar-refractivity contribution in [1.82, 2.24) is 19.7 Å². The molecule has 5 rings (SSSR count). The number of nitrogens with one attached hydrogen (secondary N) is 1. The van der Waals surface area contributed by atoms with Crippen molar-refractivity contribution in [2.75, 3.05) is 0 Å². The number of rotatable bonds is 6. The van der Waals surface area contributed by atoms with E-state index < -0.39 is 12.1 Å². The van der Waals surface area contributed by atoms with Crippen LogP contribution in [0.1, 0.15) is 47.6 Å². The summed E-state index contributed by atoms with van der Waals surface area (Å²) in [6.07, 6.45) is 6.15. The summed E-state index contributed by atoms with van der Waals surface area (Å²) in [5.74, 6) is -0.569. The van der Waals surface area contributed by atoms with Crippen molar-refractivity contribution in [3.05, 3.63) is 66.0 Å². The minimum atomic E-state index is -5.08. The number of nitrogens with zero attached hydrogens (tertiary/aromatic N) is 3. The van der Waals surface area contributed by atoms with Crippen LogP contribution >= 0.6 is 0 Å². The van der Waals surface area contributed by atoms with Gasteiger partial charge < -0.3 is 14.8 Å². The van der Waals surface area contributed by atoms with Gasteiger partial charge in [-0.25, -0.2) is 9.78 Å². The number of pyridine rings is 2. The lowest BCUT2D eigenvalue weighted by Crippen LogP contribution is -2.38. The van der Waals surface area contributed by atoms with Crippen LogP contribution in [0, 0.1) is 11.8 Å². The first-order valence-electron chi connectivity index (χ1n) is 10.7. The maximum absolute atomic E-state index is 13.0. The number of aliphatic carboxylic acids is 1. The summed E-state index contributed by atoms with van der Waals surface area (Å²) >= 11 is 0.